The topological polar surface area (TPSA) is 126 Å². The fourth-order valence-corrected chi connectivity index (χ4v) is 2.34. The van der Waals surface area contributed by atoms with E-state index in [4.69, 9.17) is 15.1 Å². The Balaban J connectivity index is 2.44. The van der Waals surface area contributed by atoms with Crippen molar-refractivity contribution in [3.8, 4) is 12.1 Å². The molecule has 0 fully saturated rings. The number of para-hydroxylation sites is 1. The Bertz CT molecular complexity index is 939. The van der Waals surface area contributed by atoms with Crippen molar-refractivity contribution in [3.05, 3.63) is 60.3 Å². The van der Waals surface area contributed by atoms with Crippen LogP contribution in [-0.4, -0.2) is 13.0 Å². The first-order valence-electron chi connectivity index (χ1n) is 6.64. The average Bonchev–Trinajstić information content (AvgIpc) is 2.57. The van der Waals surface area contributed by atoms with E-state index in [0.29, 0.717) is 5.69 Å². The quantitative estimate of drug-likeness (QED) is 0.564. The zero-order chi connectivity index (χ0) is 17.6. The number of nitrogens with zero attached hydrogens (tertiary/aromatic N) is 2. The van der Waals surface area contributed by atoms with Crippen LogP contribution in [0.25, 0.3) is 0 Å². The second-order valence-corrected chi connectivity index (χ2v) is 6.02. The van der Waals surface area contributed by atoms with E-state index >= 15 is 0 Å². The number of hydrogen-bond acceptors (Lipinski definition) is 6. The van der Waals surface area contributed by atoms with Crippen molar-refractivity contribution in [1.82, 2.24) is 0 Å². The third-order valence-corrected chi connectivity index (χ3v) is 3.80. The van der Waals surface area contributed by atoms with Crippen molar-refractivity contribution in [1.29, 1.82) is 10.5 Å². The van der Waals surface area contributed by atoms with E-state index < -0.39 is 10.1 Å². The number of anilines is 3. The van der Waals surface area contributed by atoms with Gasteiger partial charge in [-0.25, -0.2) is 0 Å². The van der Waals surface area contributed by atoms with Crippen LogP contribution in [0.1, 0.15) is 0 Å². The summed E-state index contributed by atoms with van der Waals surface area (Å²) in [6.07, 6.45) is 1.15. The van der Waals surface area contributed by atoms with Gasteiger partial charge in [-0.2, -0.15) is 18.9 Å². The summed E-state index contributed by atoms with van der Waals surface area (Å²) in [5.74, 6) is 0. The highest BCUT2D eigenvalue weighted by molar-refractivity contribution is 7.85. The summed E-state index contributed by atoms with van der Waals surface area (Å²) in [5.41, 5.74) is 1.35. The van der Waals surface area contributed by atoms with Crippen LogP contribution in [0.3, 0.4) is 0 Å². The number of nitrogens with one attached hydrogen (secondary N) is 2. The predicted octanol–water partition coefficient (Wildman–Crippen LogP) is 3.02. The lowest BCUT2D eigenvalue weighted by Gasteiger charge is -2.13. The second-order valence-electron chi connectivity index (χ2n) is 4.60. The number of rotatable bonds is 5. The summed E-state index contributed by atoms with van der Waals surface area (Å²) in [6, 6.07) is 16.4. The number of allylic oxidation sites excluding steroid dienone is 1. The predicted molar refractivity (Wildman–Crippen MR) is 88.9 cm³/mol. The maximum Gasteiger partial charge on any atom is 0.294 e. The van der Waals surface area contributed by atoms with Gasteiger partial charge < -0.3 is 10.6 Å². The summed E-state index contributed by atoms with van der Waals surface area (Å²) in [5, 5.41) is 23.3. The number of hydrogen-bond donors (Lipinski definition) is 3. The van der Waals surface area contributed by atoms with Gasteiger partial charge in [0.25, 0.3) is 10.1 Å². The van der Waals surface area contributed by atoms with Gasteiger partial charge >= 0.3 is 0 Å². The van der Waals surface area contributed by atoms with E-state index in [1.807, 2.05) is 30.3 Å². The molecule has 120 valence electrons. The van der Waals surface area contributed by atoms with Crippen molar-refractivity contribution in [3.63, 3.8) is 0 Å². The lowest BCUT2D eigenvalue weighted by molar-refractivity contribution is 0.483. The minimum absolute atomic E-state index is 0.182. The van der Waals surface area contributed by atoms with Crippen LogP contribution in [0.2, 0.25) is 0 Å². The van der Waals surface area contributed by atoms with Gasteiger partial charge in [0.1, 0.15) is 17.7 Å². The van der Waals surface area contributed by atoms with Crippen LogP contribution in [0, 0.1) is 22.7 Å². The molecule has 8 heteroatoms. The molecule has 0 aliphatic rings. The lowest BCUT2D eigenvalue weighted by atomic mass is 10.2. The molecule has 24 heavy (non-hydrogen) atoms. The largest absolute Gasteiger partial charge is 0.358 e. The van der Waals surface area contributed by atoms with Crippen LogP contribution in [0.5, 0.6) is 0 Å². The van der Waals surface area contributed by atoms with Crippen LogP contribution >= 0.6 is 0 Å². The zero-order valence-corrected chi connectivity index (χ0v) is 13.1. The molecule has 0 atom stereocenters. The molecule has 2 aromatic rings. The normalized spacial score (nSPS) is 10.1. The molecule has 0 saturated carbocycles. The fourth-order valence-electron chi connectivity index (χ4n) is 1.83. The maximum absolute atomic E-state index is 11.3. The van der Waals surface area contributed by atoms with Gasteiger partial charge in [0.2, 0.25) is 0 Å². The molecule has 0 saturated heterocycles. The molecule has 0 aromatic heterocycles. The standard InChI is InChI=1S/C16H12N4O3S/c17-9-12(10-18)11-19-16-8-14(24(21,22)23)6-7-15(16)20-13-4-2-1-3-5-13/h1-8,11,19-20H,(H,21,22,23). The SMILES string of the molecule is N#CC(C#N)=CNc1cc(S(=O)(=O)O)ccc1Nc1ccccc1. The monoisotopic (exact) mass is 340 g/mol. The molecule has 0 heterocycles. The highest BCUT2D eigenvalue weighted by atomic mass is 32.2. The molecule has 0 unspecified atom stereocenters. The minimum atomic E-state index is -4.38. The third-order valence-electron chi connectivity index (χ3n) is 2.95. The molecule has 7 nitrogen and oxygen atoms in total. The van der Waals surface area contributed by atoms with Gasteiger partial charge in [-0.05, 0) is 30.3 Å². The van der Waals surface area contributed by atoms with E-state index in [1.54, 1.807) is 12.1 Å². The molecular weight excluding hydrogens is 328 g/mol. The highest BCUT2D eigenvalue weighted by Crippen LogP contribution is 2.28. The lowest BCUT2D eigenvalue weighted by Crippen LogP contribution is -2.02. The summed E-state index contributed by atoms with van der Waals surface area (Å²) >= 11 is 0. The van der Waals surface area contributed by atoms with Gasteiger partial charge in [-0.3, -0.25) is 4.55 Å². The van der Waals surface area contributed by atoms with Crippen molar-refractivity contribution in [2.75, 3.05) is 10.6 Å². The highest BCUT2D eigenvalue weighted by Gasteiger charge is 2.13. The first kappa shape index (κ1) is 17.0. The summed E-state index contributed by atoms with van der Waals surface area (Å²) < 4.78 is 31.8. The van der Waals surface area contributed by atoms with Gasteiger partial charge in [-0.1, -0.05) is 18.2 Å². The Morgan fingerprint density at radius 3 is 2.29 bits per heavy atom. The molecule has 3 N–H and O–H groups in total. The molecule has 0 radical (unpaired) electrons. The van der Waals surface area contributed by atoms with E-state index in [1.165, 1.54) is 18.2 Å². The fraction of sp³-hybridized carbons (Fsp3) is 0. The Kier molecular flexibility index (Phi) is 5.17. The second kappa shape index (κ2) is 7.29. The van der Waals surface area contributed by atoms with Crippen molar-refractivity contribution in [2.45, 2.75) is 4.90 Å². The van der Waals surface area contributed by atoms with Crippen LogP contribution in [0.15, 0.2) is 65.2 Å². The maximum atomic E-state index is 11.3. The third kappa shape index (κ3) is 4.34. The van der Waals surface area contributed by atoms with Crippen molar-refractivity contribution >= 4 is 27.2 Å². The molecule has 0 aliphatic heterocycles. The zero-order valence-electron chi connectivity index (χ0n) is 12.3. The van der Waals surface area contributed by atoms with Crippen LogP contribution in [0.4, 0.5) is 17.1 Å². The number of nitriles is 2. The smallest absolute Gasteiger partial charge is 0.294 e. The number of benzene rings is 2. The van der Waals surface area contributed by atoms with E-state index in [0.717, 1.165) is 11.9 Å². The van der Waals surface area contributed by atoms with Gasteiger partial charge in [-0.15, -0.1) is 0 Å². The van der Waals surface area contributed by atoms with E-state index in [9.17, 15) is 8.42 Å². The first-order chi connectivity index (χ1) is 11.4. The molecular formula is C16H12N4O3S. The van der Waals surface area contributed by atoms with Crippen molar-refractivity contribution < 1.29 is 13.0 Å². The molecule has 0 amide bonds. The Morgan fingerprint density at radius 1 is 1.04 bits per heavy atom. The van der Waals surface area contributed by atoms with Crippen LogP contribution < -0.4 is 10.6 Å². The summed E-state index contributed by atoms with van der Waals surface area (Å²) in [7, 11) is -4.38. The Labute approximate surface area is 139 Å². The van der Waals surface area contributed by atoms with Gasteiger partial charge in [0.15, 0.2) is 0 Å². The Morgan fingerprint density at radius 2 is 1.71 bits per heavy atom. The first-order valence-corrected chi connectivity index (χ1v) is 8.08. The summed E-state index contributed by atoms with van der Waals surface area (Å²) in [4.78, 5) is -0.313. The average molecular weight is 340 g/mol. The van der Waals surface area contributed by atoms with Gasteiger partial charge in [0.05, 0.1) is 16.3 Å². The molecule has 0 bridgehead atoms. The molecule has 0 aliphatic carbocycles. The van der Waals surface area contributed by atoms with Gasteiger partial charge in [0, 0.05) is 11.9 Å². The molecule has 0 spiro atoms. The minimum Gasteiger partial charge on any atom is -0.358 e. The van der Waals surface area contributed by atoms with Crippen LogP contribution in [-0.2, 0) is 10.1 Å². The van der Waals surface area contributed by atoms with E-state index in [-0.39, 0.29) is 16.2 Å². The molecule has 2 aromatic carbocycles. The summed E-state index contributed by atoms with van der Waals surface area (Å²) in [6.45, 7) is 0. The Hall–Kier alpha value is -3.33. The van der Waals surface area contributed by atoms with Crippen molar-refractivity contribution in [2.24, 2.45) is 0 Å². The van der Waals surface area contributed by atoms with E-state index in [2.05, 4.69) is 10.6 Å². The molecule has 2 rings (SSSR count).